The lowest BCUT2D eigenvalue weighted by Crippen LogP contribution is -2.51. The number of nitrogens with one attached hydrogen (secondary N) is 1. The van der Waals surface area contributed by atoms with Gasteiger partial charge in [0, 0.05) is 37.3 Å². The second-order valence-corrected chi connectivity index (χ2v) is 7.71. The Hall–Kier alpha value is -1.31. The molecule has 1 aromatic carbocycles. The third-order valence-corrected chi connectivity index (χ3v) is 5.11. The van der Waals surface area contributed by atoms with E-state index < -0.39 is 4.92 Å². The zero-order valence-electron chi connectivity index (χ0n) is 14.9. The highest BCUT2D eigenvalue weighted by atomic mass is 35.5. The maximum Gasteiger partial charge on any atom is 0.283 e. The molecule has 1 saturated heterocycles. The first-order chi connectivity index (χ1) is 11.4. The van der Waals surface area contributed by atoms with Gasteiger partial charge in [-0.15, -0.1) is 24.2 Å². The summed E-state index contributed by atoms with van der Waals surface area (Å²) >= 11 is 1.48. The summed E-state index contributed by atoms with van der Waals surface area (Å²) in [7, 11) is 0. The summed E-state index contributed by atoms with van der Waals surface area (Å²) in [5.74, 6) is 1.26. The van der Waals surface area contributed by atoms with Crippen LogP contribution >= 0.6 is 24.2 Å². The van der Waals surface area contributed by atoms with Gasteiger partial charge in [0.1, 0.15) is 0 Å². The van der Waals surface area contributed by atoms with Crippen LogP contribution < -0.4 is 5.32 Å². The molecule has 25 heavy (non-hydrogen) atoms. The fourth-order valence-electron chi connectivity index (χ4n) is 2.62. The molecule has 140 valence electrons. The molecule has 1 atom stereocenters. The number of hydrogen-bond acceptors (Lipinski definition) is 5. The predicted octanol–water partition coefficient (Wildman–Crippen LogP) is 3.59. The van der Waals surface area contributed by atoms with Crippen LogP contribution in [-0.4, -0.2) is 47.2 Å². The first-order valence-electron chi connectivity index (χ1n) is 8.32. The number of nitrogens with zero attached hydrogens (tertiary/aromatic N) is 2. The van der Waals surface area contributed by atoms with Crippen LogP contribution in [0.5, 0.6) is 0 Å². The minimum Gasteiger partial charge on any atom is -0.336 e. The van der Waals surface area contributed by atoms with Gasteiger partial charge in [-0.25, -0.2) is 0 Å². The van der Waals surface area contributed by atoms with Gasteiger partial charge in [0.15, 0.2) is 0 Å². The van der Waals surface area contributed by atoms with E-state index in [-0.39, 0.29) is 30.0 Å². The summed E-state index contributed by atoms with van der Waals surface area (Å²) in [6, 6.07) is 5.08. The largest absolute Gasteiger partial charge is 0.336 e. The van der Waals surface area contributed by atoms with Crippen LogP contribution in [0.15, 0.2) is 23.1 Å². The molecule has 1 amide bonds. The molecule has 0 aromatic heterocycles. The molecule has 1 N–H and O–H groups in total. The molecule has 1 aromatic rings. The van der Waals surface area contributed by atoms with Crippen LogP contribution in [0.25, 0.3) is 0 Å². The lowest BCUT2D eigenvalue weighted by Gasteiger charge is -2.31. The van der Waals surface area contributed by atoms with Crippen molar-refractivity contribution >= 4 is 35.8 Å². The summed E-state index contributed by atoms with van der Waals surface area (Å²) in [5, 5.41) is 14.7. The molecule has 0 saturated carbocycles. The van der Waals surface area contributed by atoms with E-state index in [0.717, 1.165) is 18.7 Å². The molecule has 8 heteroatoms. The fourth-order valence-corrected chi connectivity index (χ4v) is 3.87. The normalized spacial score (nSPS) is 17.3. The van der Waals surface area contributed by atoms with Crippen LogP contribution in [0.3, 0.4) is 0 Å². The van der Waals surface area contributed by atoms with E-state index in [2.05, 4.69) is 19.2 Å². The summed E-state index contributed by atoms with van der Waals surface area (Å²) in [6.07, 6.45) is 1.00. The molecule has 0 aliphatic carbocycles. The summed E-state index contributed by atoms with van der Waals surface area (Å²) < 4.78 is 0. The van der Waals surface area contributed by atoms with Gasteiger partial charge >= 0.3 is 0 Å². The molecule has 1 aliphatic rings. The van der Waals surface area contributed by atoms with Crippen molar-refractivity contribution in [1.29, 1.82) is 0 Å². The van der Waals surface area contributed by atoms with E-state index in [4.69, 9.17) is 0 Å². The highest BCUT2D eigenvalue weighted by Gasteiger charge is 2.24. The van der Waals surface area contributed by atoms with E-state index in [9.17, 15) is 14.9 Å². The second kappa shape index (κ2) is 9.99. The number of rotatable bonds is 6. The standard InChI is InChI=1S/C17H25N3O3S.ClH/c1-12(2)6-9-24-16-5-4-14(10-15(16)20(22)23)17(21)19-8-7-18-13(3)11-19;/h4-5,10,12-13,18H,6-9,11H2,1-3H3;1H. The molecular formula is C17H26ClN3O3S. The number of nitro groups is 1. The second-order valence-electron chi connectivity index (χ2n) is 6.58. The smallest absolute Gasteiger partial charge is 0.283 e. The van der Waals surface area contributed by atoms with E-state index in [1.807, 2.05) is 6.92 Å². The van der Waals surface area contributed by atoms with E-state index >= 15 is 0 Å². The molecule has 2 rings (SSSR count). The van der Waals surface area contributed by atoms with Gasteiger partial charge in [-0.05, 0) is 37.1 Å². The minimum absolute atomic E-state index is 0. The first-order valence-corrected chi connectivity index (χ1v) is 9.31. The van der Waals surface area contributed by atoms with Gasteiger partial charge in [-0.2, -0.15) is 0 Å². The van der Waals surface area contributed by atoms with Gasteiger partial charge < -0.3 is 10.2 Å². The Bertz CT molecular complexity index is 613. The predicted molar refractivity (Wildman–Crippen MR) is 104 cm³/mol. The Morgan fingerprint density at radius 2 is 2.20 bits per heavy atom. The number of halogens is 1. The van der Waals surface area contributed by atoms with E-state index in [0.29, 0.717) is 29.5 Å². The molecule has 1 heterocycles. The molecule has 1 unspecified atom stereocenters. The Morgan fingerprint density at radius 1 is 1.48 bits per heavy atom. The summed E-state index contributed by atoms with van der Waals surface area (Å²) in [5.41, 5.74) is 0.418. The number of hydrogen-bond donors (Lipinski definition) is 1. The Kier molecular flexibility index (Phi) is 8.68. The van der Waals surface area contributed by atoms with Crippen molar-refractivity contribution in [3.63, 3.8) is 0 Å². The Balaban J connectivity index is 0.00000312. The van der Waals surface area contributed by atoms with Crippen LogP contribution in [0.1, 0.15) is 37.6 Å². The molecule has 0 bridgehead atoms. The molecule has 1 aliphatic heterocycles. The Morgan fingerprint density at radius 3 is 2.80 bits per heavy atom. The zero-order chi connectivity index (χ0) is 17.7. The number of carbonyl (C=O) groups is 1. The van der Waals surface area contributed by atoms with Crippen molar-refractivity contribution in [3.05, 3.63) is 33.9 Å². The average molecular weight is 388 g/mol. The molecule has 6 nitrogen and oxygen atoms in total. The zero-order valence-corrected chi connectivity index (χ0v) is 16.5. The maximum absolute atomic E-state index is 12.6. The molecule has 0 spiro atoms. The summed E-state index contributed by atoms with van der Waals surface area (Å²) in [6.45, 7) is 8.28. The maximum atomic E-state index is 12.6. The number of piperazine rings is 1. The van der Waals surface area contributed by atoms with Crippen molar-refractivity contribution in [2.24, 2.45) is 5.92 Å². The van der Waals surface area contributed by atoms with Crippen molar-refractivity contribution in [2.75, 3.05) is 25.4 Å². The Labute approximate surface area is 159 Å². The van der Waals surface area contributed by atoms with Gasteiger partial charge in [-0.3, -0.25) is 14.9 Å². The SMILES string of the molecule is CC(C)CCSc1ccc(C(=O)N2CCNC(C)C2)cc1[N+](=O)[O-].Cl. The van der Waals surface area contributed by atoms with Crippen molar-refractivity contribution in [3.8, 4) is 0 Å². The third kappa shape index (κ3) is 6.17. The highest BCUT2D eigenvalue weighted by molar-refractivity contribution is 7.99. The topological polar surface area (TPSA) is 75.5 Å². The third-order valence-electron chi connectivity index (χ3n) is 4.01. The monoisotopic (exact) mass is 387 g/mol. The highest BCUT2D eigenvalue weighted by Crippen LogP contribution is 2.31. The number of benzene rings is 1. The van der Waals surface area contributed by atoms with Crippen LogP contribution in [-0.2, 0) is 0 Å². The number of thioether (sulfide) groups is 1. The molecule has 0 radical (unpaired) electrons. The number of amides is 1. The van der Waals surface area contributed by atoms with E-state index in [1.54, 1.807) is 17.0 Å². The van der Waals surface area contributed by atoms with Gasteiger partial charge in [-0.1, -0.05) is 13.8 Å². The van der Waals surface area contributed by atoms with Crippen LogP contribution in [0.4, 0.5) is 5.69 Å². The van der Waals surface area contributed by atoms with Gasteiger partial charge in [0.25, 0.3) is 11.6 Å². The van der Waals surface area contributed by atoms with Crippen molar-refractivity contribution in [1.82, 2.24) is 10.2 Å². The first kappa shape index (κ1) is 21.7. The van der Waals surface area contributed by atoms with Crippen LogP contribution in [0.2, 0.25) is 0 Å². The fraction of sp³-hybridized carbons (Fsp3) is 0.588. The van der Waals surface area contributed by atoms with Crippen LogP contribution in [0, 0.1) is 16.0 Å². The number of carbonyl (C=O) groups excluding carboxylic acids is 1. The van der Waals surface area contributed by atoms with E-state index in [1.165, 1.54) is 17.8 Å². The van der Waals surface area contributed by atoms with Crippen molar-refractivity contribution in [2.45, 2.75) is 38.1 Å². The van der Waals surface area contributed by atoms with Gasteiger partial charge in [0.05, 0.1) is 9.82 Å². The summed E-state index contributed by atoms with van der Waals surface area (Å²) in [4.78, 5) is 26.0. The van der Waals surface area contributed by atoms with Crippen molar-refractivity contribution < 1.29 is 9.72 Å². The average Bonchev–Trinajstić information content (AvgIpc) is 2.54. The lowest BCUT2D eigenvalue weighted by atomic mass is 10.1. The quantitative estimate of drug-likeness (QED) is 0.458. The van der Waals surface area contributed by atoms with Gasteiger partial charge in [0.2, 0.25) is 0 Å². The molecule has 1 fully saturated rings. The number of nitro benzene ring substituents is 1. The molecular weight excluding hydrogens is 362 g/mol. The minimum atomic E-state index is -0.394. The lowest BCUT2D eigenvalue weighted by molar-refractivity contribution is -0.387.